The van der Waals surface area contributed by atoms with Gasteiger partial charge in [0.25, 0.3) is 12.3 Å². The molecule has 0 spiro atoms. The van der Waals surface area contributed by atoms with Crippen molar-refractivity contribution in [2.75, 3.05) is 5.32 Å². The molecule has 7 nitrogen and oxygen atoms in total. The highest BCUT2D eigenvalue weighted by molar-refractivity contribution is 6.05. The fourth-order valence-corrected chi connectivity index (χ4v) is 1.25. The van der Waals surface area contributed by atoms with Gasteiger partial charge in [-0.2, -0.15) is 10.3 Å². The van der Waals surface area contributed by atoms with E-state index in [-0.39, 0.29) is 17.1 Å². The molecule has 0 saturated carbocycles. The molecule has 0 unspecified atom stereocenters. The van der Waals surface area contributed by atoms with Crippen molar-refractivity contribution < 1.29 is 18.1 Å². The fraction of sp³-hybridized carbons (Fsp3) is 0.250. The first-order valence-electron chi connectivity index (χ1n) is 4.51. The molecule has 0 aliphatic rings. The van der Waals surface area contributed by atoms with Gasteiger partial charge in [0.15, 0.2) is 5.82 Å². The summed E-state index contributed by atoms with van der Waals surface area (Å²) in [5.41, 5.74) is -0.204. The third-order valence-corrected chi connectivity index (χ3v) is 1.97. The van der Waals surface area contributed by atoms with Crippen molar-refractivity contribution >= 4 is 11.7 Å². The highest BCUT2D eigenvalue weighted by Gasteiger charge is 2.27. The minimum Gasteiger partial charge on any atom is -0.354 e. The van der Waals surface area contributed by atoms with Crippen molar-refractivity contribution in [1.29, 1.82) is 0 Å². The third kappa shape index (κ3) is 2.12. The molecule has 2 N–H and O–H groups in total. The summed E-state index contributed by atoms with van der Waals surface area (Å²) >= 11 is 0. The van der Waals surface area contributed by atoms with Gasteiger partial charge < -0.3 is 9.84 Å². The average Bonchev–Trinajstić information content (AvgIpc) is 2.86. The largest absolute Gasteiger partial charge is 0.354 e. The molecule has 0 fully saturated rings. The number of H-pyrrole nitrogens is 1. The second kappa shape index (κ2) is 4.28. The number of halogens is 2. The van der Waals surface area contributed by atoms with E-state index in [1.54, 1.807) is 0 Å². The molecular formula is C8H7F2N5O2. The van der Waals surface area contributed by atoms with Gasteiger partial charge in [-0.3, -0.25) is 4.79 Å². The summed E-state index contributed by atoms with van der Waals surface area (Å²) in [5, 5.41) is 14.9. The van der Waals surface area contributed by atoms with E-state index in [0.29, 0.717) is 0 Å². The quantitative estimate of drug-likeness (QED) is 0.846. The first-order chi connectivity index (χ1) is 8.09. The lowest BCUT2D eigenvalue weighted by atomic mass is 10.2. The van der Waals surface area contributed by atoms with Crippen molar-refractivity contribution in [3.63, 3.8) is 0 Å². The Hall–Kier alpha value is -2.32. The molecule has 1 amide bonds. The lowest BCUT2D eigenvalue weighted by molar-refractivity contribution is 0.0966. The van der Waals surface area contributed by atoms with Crippen LogP contribution in [0.25, 0.3) is 0 Å². The van der Waals surface area contributed by atoms with Crippen molar-refractivity contribution in [3.8, 4) is 0 Å². The Bertz CT molecular complexity index is 522. The van der Waals surface area contributed by atoms with E-state index in [9.17, 15) is 13.6 Å². The molecule has 17 heavy (non-hydrogen) atoms. The molecule has 0 aliphatic carbocycles. The van der Waals surface area contributed by atoms with Crippen LogP contribution in [0, 0.1) is 6.92 Å². The number of nitrogens with zero attached hydrogens (tertiary/aromatic N) is 3. The van der Waals surface area contributed by atoms with Crippen LogP contribution in [0.2, 0.25) is 0 Å². The van der Waals surface area contributed by atoms with Crippen molar-refractivity contribution in [2.45, 2.75) is 13.3 Å². The minimum atomic E-state index is -2.91. The number of aromatic nitrogens is 4. The second-order valence-electron chi connectivity index (χ2n) is 3.12. The van der Waals surface area contributed by atoms with Crippen molar-refractivity contribution in [1.82, 2.24) is 20.6 Å². The fourth-order valence-electron chi connectivity index (χ4n) is 1.25. The van der Waals surface area contributed by atoms with Crippen LogP contribution in [0.1, 0.15) is 28.2 Å². The zero-order valence-electron chi connectivity index (χ0n) is 8.57. The minimum absolute atomic E-state index is 0.0845. The van der Waals surface area contributed by atoms with E-state index in [2.05, 4.69) is 30.4 Å². The molecule has 9 heteroatoms. The number of carbonyl (C=O) groups is 1. The summed E-state index contributed by atoms with van der Waals surface area (Å²) in [5.74, 6) is -1.41. The molecule has 0 bridgehead atoms. The van der Waals surface area contributed by atoms with Crippen LogP contribution in [0.4, 0.5) is 14.6 Å². The highest BCUT2D eigenvalue weighted by Crippen LogP contribution is 2.25. The van der Waals surface area contributed by atoms with E-state index in [1.807, 2.05) is 0 Å². The van der Waals surface area contributed by atoms with Gasteiger partial charge in [0.2, 0.25) is 5.76 Å². The summed E-state index contributed by atoms with van der Waals surface area (Å²) in [6, 6.07) is 0. The normalized spacial score (nSPS) is 10.8. The summed E-state index contributed by atoms with van der Waals surface area (Å²) in [7, 11) is 0. The average molecular weight is 243 g/mol. The van der Waals surface area contributed by atoms with Gasteiger partial charge in [0.1, 0.15) is 5.56 Å². The molecule has 0 radical (unpaired) electrons. The molecular weight excluding hydrogens is 236 g/mol. The summed E-state index contributed by atoms with van der Waals surface area (Å²) in [4.78, 5) is 11.7. The smallest absolute Gasteiger partial charge is 0.298 e. The number of amides is 1. The zero-order valence-corrected chi connectivity index (χ0v) is 8.57. The van der Waals surface area contributed by atoms with Crippen LogP contribution in [-0.4, -0.2) is 26.5 Å². The van der Waals surface area contributed by atoms with E-state index >= 15 is 0 Å². The van der Waals surface area contributed by atoms with Crippen molar-refractivity contribution in [3.05, 3.63) is 23.2 Å². The predicted molar refractivity (Wildman–Crippen MR) is 50.5 cm³/mol. The topological polar surface area (TPSA) is 96.7 Å². The van der Waals surface area contributed by atoms with Crippen LogP contribution in [0.5, 0.6) is 0 Å². The number of aromatic amines is 1. The second-order valence-corrected chi connectivity index (χ2v) is 3.12. The maximum atomic E-state index is 12.5. The van der Waals surface area contributed by atoms with E-state index in [0.717, 1.165) is 0 Å². The SMILES string of the molecule is Cc1noc(C(F)F)c1C(=O)Nc1cn[nH]n1. The first-order valence-corrected chi connectivity index (χ1v) is 4.51. The number of hydrogen-bond donors (Lipinski definition) is 2. The molecule has 2 aromatic rings. The molecule has 2 aromatic heterocycles. The van der Waals surface area contributed by atoms with Crippen molar-refractivity contribution in [2.24, 2.45) is 0 Å². The summed E-state index contributed by atoms with van der Waals surface area (Å²) in [6.45, 7) is 1.40. The van der Waals surface area contributed by atoms with Crippen LogP contribution in [0.15, 0.2) is 10.7 Å². The van der Waals surface area contributed by atoms with Crippen LogP contribution < -0.4 is 5.32 Å². The number of carbonyl (C=O) groups excluding carboxylic acids is 1. The van der Waals surface area contributed by atoms with Gasteiger partial charge in [-0.15, -0.1) is 5.10 Å². The van der Waals surface area contributed by atoms with Crippen LogP contribution >= 0.6 is 0 Å². The van der Waals surface area contributed by atoms with Gasteiger partial charge in [-0.1, -0.05) is 5.16 Å². The lowest BCUT2D eigenvalue weighted by Gasteiger charge is -2.01. The molecule has 2 rings (SSSR count). The maximum Gasteiger partial charge on any atom is 0.298 e. The van der Waals surface area contributed by atoms with Crippen LogP contribution in [-0.2, 0) is 0 Å². The first kappa shape index (κ1) is 11.2. The Morgan fingerprint density at radius 1 is 1.59 bits per heavy atom. The molecule has 90 valence electrons. The summed E-state index contributed by atoms with van der Waals surface area (Å²) < 4.78 is 29.5. The number of alkyl halides is 2. The van der Waals surface area contributed by atoms with E-state index < -0.39 is 18.1 Å². The number of aryl methyl sites for hydroxylation is 1. The van der Waals surface area contributed by atoms with Gasteiger partial charge in [0, 0.05) is 0 Å². The van der Waals surface area contributed by atoms with Gasteiger partial charge in [-0.25, -0.2) is 8.78 Å². The number of nitrogens with one attached hydrogen (secondary N) is 2. The van der Waals surface area contributed by atoms with Crippen LogP contribution in [0.3, 0.4) is 0 Å². The molecule has 0 atom stereocenters. The Morgan fingerprint density at radius 2 is 2.35 bits per heavy atom. The Labute approximate surface area is 93.2 Å². The van der Waals surface area contributed by atoms with E-state index in [1.165, 1.54) is 13.1 Å². The Balaban J connectivity index is 2.27. The molecule has 2 heterocycles. The third-order valence-electron chi connectivity index (χ3n) is 1.97. The zero-order chi connectivity index (χ0) is 12.4. The maximum absolute atomic E-state index is 12.5. The summed E-state index contributed by atoms with van der Waals surface area (Å²) in [6.07, 6.45) is -1.67. The number of anilines is 1. The van der Waals surface area contributed by atoms with E-state index in [4.69, 9.17) is 0 Å². The van der Waals surface area contributed by atoms with Gasteiger partial charge >= 0.3 is 0 Å². The Kier molecular flexibility index (Phi) is 2.81. The molecule has 0 saturated heterocycles. The highest BCUT2D eigenvalue weighted by atomic mass is 19.3. The Morgan fingerprint density at radius 3 is 2.94 bits per heavy atom. The standard InChI is InChI=1S/C8H7F2N5O2/c1-3-5(6(7(9)10)17-14-3)8(16)12-4-2-11-15-13-4/h2,7H,1H3,(H2,11,12,13,15,16). The lowest BCUT2D eigenvalue weighted by Crippen LogP contribution is -2.14. The van der Waals surface area contributed by atoms with Gasteiger partial charge in [-0.05, 0) is 6.92 Å². The van der Waals surface area contributed by atoms with Gasteiger partial charge in [0.05, 0.1) is 11.9 Å². The molecule has 0 aromatic carbocycles. The number of hydrogen-bond acceptors (Lipinski definition) is 5. The number of rotatable bonds is 3. The molecule has 0 aliphatic heterocycles. The monoisotopic (exact) mass is 243 g/mol. The predicted octanol–water partition coefficient (Wildman–Crippen LogP) is 1.29.